The van der Waals surface area contributed by atoms with Gasteiger partial charge in [0.1, 0.15) is 12.4 Å². The van der Waals surface area contributed by atoms with Crippen LogP contribution < -0.4 is 4.74 Å². The quantitative estimate of drug-likeness (QED) is 0.106. The third kappa shape index (κ3) is 5.06. The van der Waals surface area contributed by atoms with Crippen molar-refractivity contribution >= 4 is 68.8 Å². The number of ether oxygens (including phenoxy) is 2. The first-order valence-electron chi connectivity index (χ1n) is 8.70. The van der Waals surface area contributed by atoms with Crippen LogP contribution in [0.15, 0.2) is 53.2 Å². The van der Waals surface area contributed by atoms with Gasteiger partial charge in [0.2, 0.25) is 5.90 Å². The maximum absolute atomic E-state index is 12.3. The number of esters is 1. The van der Waals surface area contributed by atoms with Gasteiger partial charge in [0.05, 0.1) is 12.1 Å². The lowest BCUT2D eigenvalue weighted by Gasteiger charge is -2.11. The van der Waals surface area contributed by atoms with E-state index in [9.17, 15) is 14.9 Å². The molecule has 1 aliphatic rings. The van der Waals surface area contributed by atoms with Gasteiger partial charge < -0.3 is 9.47 Å². The van der Waals surface area contributed by atoms with Crippen LogP contribution in [0, 0.1) is 24.2 Å². The molecule has 3 rings (SSSR count). The summed E-state index contributed by atoms with van der Waals surface area (Å²) in [6, 6.07) is 8.34. The highest BCUT2D eigenvalue weighted by Crippen LogP contribution is 2.31. The van der Waals surface area contributed by atoms with Crippen LogP contribution in [0.2, 0.25) is 0 Å². The highest BCUT2D eigenvalue weighted by atomic mass is 127. The molecule has 0 fully saturated rings. The van der Waals surface area contributed by atoms with Crippen molar-refractivity contribution in [2.45, 2.75) is 13.8 Å². The van der Waals surface area contributed by atoms with Gasteiger partial charge in [-0.3, -0.25) is 10.1 Å². The van der Waals surface area contributed by atoms with Crippen LogP contribution in [0.25, 0.3) is 6.08 Å². The number of rotatable bonds is 6. The number of carbonyl (C=O) groups is 1. The van der Waals surface area contributed by atoms with Gasteiger partial charge in [-0.2, -0.15) is 0 Å². The number of hydrogen-bond acceptors (Lipinski definition) is 6. The molecule has 30 heavy (non-hydrogen) atoms. The molecule has 0 unspecified atom stereocenters. The topological polar surface area (TPSA) is 91.0 Å². The number of nitrogens with zero attached hydrogens (tertiary/aromatic N) is 2. The largest absolute Gasteiger partial charge is 0.487 e. The van der Waals surface area contributed by atoms with Crippen molar-refractivity contribution in [2.24, 2.45) is 4.99 Å². The second-order valence-electron chi connectivity index (χ2n) is 6.65. The van der Waals surface area contributed by atoms with Gasteiger partial charge in [-0.05, 0) is 94.4 Å². The first-order valence-corrected chi connectivity index (χ1v) is 10.9. The fourth-order valence-corrected chi connectivity index (χ4v) is 4.75. The van der Waals surface area contributed by atoms with E-state index in [0.717, 1.165) is 24.0 Å². The van der Waals surface area contributed by atoms with Crippen molar-refractivity contribution in [3.8, 4) is 5.75 Å². The van der Waals surface area contributed by atoms with E-state index in [1.165, 1.54) is 6.07 Å². The minimum Gasteiger partial charge on any atom is -0.487 e. The van der Waals surface area contributed by atoms with Crippen molar-refractivity contribution in [2.75, 3.05) is 6.61 Å². The Hall–Kier alpha value is -2.28. The molecule has 1 aliphatic heterocycles. The SMILES string of the molecule is C=C(C)COc1c(I)cc(/C=C2\N=C(c3ccc(C)c([N+](=O)[O-])c3)OC2=O)cc1I. The van der Waals surface area contributed by atoms with E-state index in [2.05, 4.69) is 56.8 Å². The highest BCUT2D eigenvalue weighted by molar-refractivity contribution is 14.1. The van der Waals surface area contributed by atoms with Gasteiger partial charge in [-0.15, -0.1) is 0 Å². The van der Waals surface area contributed by atoms with E-state index >= 15 is 0 Å². The van der Waals surface area contributed by atoms with Crippen LogP contribution in [-0.2, 0) is 9.53 Å². The summed E-state index contributed by atoms with van der Waals surface area (Å²) in [4.78, 5) is 27.2. The van der Waals surface area contributed by atoms with Crippen LogP contribution in [-0.4, -0.2) is 23.4 Å². The lowest BCUT2D eigenvalue weighted by atomic mass is 10.1. The summed E-state index contributed by atoms with van der Waals surface area (Å²) in [5.41, 5.74) is 2.63. The van der Waals surface area contributed by atoms with E-state index in [0.29, 0.717) is 17.7 Å². The zero-order valence-electron chi connectivity index (χ0n) is 16.1. The molecule has 0 amide bonds. The molecule has 2 aromatic carbocycles. The summed E-state index contributed by atoms with van der Waals surface area (Å²) in [6.07, 6.45) is 1.62. The van der Waals surface area contributed by atoms with Gasteiger partial charge in [0.15, 0.2) is 5.70 Å². The van der Waals surface area contributed by atoms with E-state index in [4.69, 9.17) is 9.47 Å². The van der Waals surface area contributed by atoms with E-state index in [1.54, 1.807) is 25.1 Å². The smallest absolute Gasteiger partial charge is 0.363 e. The van der Waals surface area contributed by atoms with Gasteiger partial charge in [-0.25, -0.2) is 9.79 Å². The number of hydrogen-bond donors (Lipinski definition) is 0. The van der Waals surface area contributed by atoms with Crippen molar-refractivity contribution < 1.29 is 19.2 Å². The van der Waals surface area contributed by atoms with Gasteiger partial charge in [0.25, 0.3) is 5.69 Å². The fourth-order valence-electron chi connectivity index (χ4n) is 2.63. The first kappa shape index (κ1) is 22.4. The second-order valence-corrected chi connectivity index (χ2v) is 8.98. The summed E-state index contributed by atoms with van der Waals surface area (Å²) in [6.45, 7) is 7.79. The van der Waals surface area contributed by atoms with E-state index in [-0.39, 0.29) is 17.3 Å². The number of halogens is 2. The van der Waals surface area contributed by atoms with Gasteiger partial charge >= 0.3 is 5.97 Å². The molecule has 0 aliphatic carbocycles. The molecule has 0 atom stereocenters. The van der Waals surface area contributed by atoms with Crippen LogP contribution in [0.4, 0.5) is 5.69 Å². The molecule has 7 nitrogen and oxygen atoms in total. The molecule has 0 bridgehead atoms. The van der Waals surface area contributed by atoms with E-state index < -0.39 is 10.9 Å². The van der Waals surface area contributed by atoms with Crippen molar-refractivity contribution in [1.29, 1.82) is 0 Å². The predicted octanol–water partition coefficient (Wildman–Crippen LogP) is 5.41. The van der Waals surface area contributed by atoms with Crippen LogP contribution in [0.3, 0.4) is 0 Å². The van der Waals surface area contributed by atoms with Crippen LogP contribution >= 0.6 is 45.2 Å². The average Bonchev–Trinajstić information content (AvgIpc) is 3.01. The lowest BCUT2D eigenvalue weighted by Crippen LogP contribution is -2.06. The predicted molar refractivity (Wildman–Crippen MR) is 131 cm³/mol. The monoisotopic (exact) mass is 630 g/mol. The maximum Gasteiger partial charge on any atom is 0.363 e. The Morgan fingerprint density at radius 2 is 1.97 bits per heavy atom. The zero-order valence-corrected chi connectivity index (χ0v) is 20.4. The van der Waals surface area contributed by atoms with Crippen molar-refractivity contribution in [3.05, 3.63) is 82.1 Å². The van der Waals surface area contributed by atoms with Crippen molar-refractivity contribution in [1.82, 2.24) is 0 Å². The minimum atomic E-state index is -0.610. The fraction of sp³-hybridized carbons (Fsp3) is 0.143. The number of nitro benzene ring substituents is 1. The first-order chi connectivity index (χ1) is 14.2. The van der Waals surface area contributed by atoms with Gasteiger partial charge in [0, 0.05) is 17.2 Å². The molecular weight excluding hydrogens is 614 g/mol. The molecule has 0 saturated heterocycles. The Bertz CT molecular complexity index is 1120. The summed E-state index contributed by atoms with van der Waals surface area (Å²) in [5.74, 6) is 0.188. The third-order valence-electron chi connectivity index (χ3n) is 4.06. The average molecular weight is 630 g/mol. The number of benzene rings is 2. The van der Waals surface area contributed by atoms with Crippen molar-refractivity contribution in [3.63, 3.8) is 0 Å². The molecule has 2 aromatic rings. The van der Waals surface area contributed by atoms with Crippen LogP contribution in [0.5, 0.6) is 5.75 Å². The molecule has 1 heterocycles. The normalized spacial score (nSPS) is 14.5. The molecule has 0 saturated carbocycles. The standard InChI is InChI=1S/C21H16I2N2O5/c1-11(2)10-29-19-15(22)6-13(7-16(19)23)8-17-21(26)30-20(24-17)14-5-4-12(3)18(9-14)25(27)28/h4-9H,1,10H2,2-3H3/b17-8-. The highest BCUT2D eigenvalue weighted by Gasteiger charge is 2.26. The molecular formula is C21H16I2N2O5. The Morgan fingerprint density at radius 1 is 1.30 bits per heavy atom. The summed E-state index contributed by atoms with van der Waals surface area (Å²) < 4.78 is 12.8. The lowest BCUT2D eigenvalue weighted by molar-refractivity contribution is -0.385. The molecule has 0 spiro atoms. The number of cyclic esters (lactones) is 1. The molecule has 0 radical (unpaired) electrons. The second kappa shape index (κ2) is 9.25. The third-order valence-corrected chi connectivity index (χ3v) is 5.66. The van der Waals surface area contributed by atoms with Crippen LogP contribution in [0.1, 0.15) is 23.6 Å². The summed E-state index contributed by atoms with van der Waals surface area (Å²) >= 11 is 4.34. The Balaban J connectivity index is 1.92. The number of nitro groups is 1. The Kier molecular flexibility index (Phi) is 6.91. The summed E-state index contributed by atoms with van der Waals surface area (Å²) in [5, 5.41) is 11.2. The molecule has 9 heteroatoms. The number of aryl methyl sites for hydroxylation is 1. The minimum absolute atomic E-state index is 0.0418. The molecule has 0 N–H and O–H groups in total. The van der Waals surface area contributed by atoms with Gasteiger partial charge in [-0.1, -0.05) is 12.6 Å². The molecule has 154 valence electrons. The Labute approximate surface area is 200 Å². The maximum atomic E-state index is 12.3. The Morgan fingerprint density at radius 3 is 2.57 bits per heavy atom. The summed E-state index contributed by atoms with van der Waals surface area (Å²) in [7, 11) is 0. The molecule has 0 aromatic heterocycles. The van der Waals surface area contributed by atoms with E-state index in [1.807, 2.05) is 19.1 Å². The number of aliphatic imine (C=N–C) groups is 1. The number of carbonyl (C=O) groups excluding carboxylic acids is 1. The zero-order chi connectivity index (χ0) is 22.0.